The first kappa shape index (κ1) is 11.7. The maximum Gasteiger partial charge on any atom is 0.139 e. The second-order valence-corrected chi connectivity index (χ2v) is 4.48. The van der Waals surface area contributed by atoms with Crippen molar-refractivity contribution < 1.29 is 4.74 Å². The average Bonchev–Trinajstić information content (AvgIpc) is 2.29. The van der Waals surface area contributed by atoms with Crippen LogP contribution in [-0.4, -0.2) is 31.1 Å². The molecule has 0 bridgehead atoms. The third kappa shape index (κ3) is 2.69. The van der Waals surface area contributed by atoms with Gasteiger partial charge in [-0.3, -0.25) is 0 Å². The summed E-state index contributed by atoms with van der Waals surface area (Å²) in [6, 6.07) is 7.45. The Labute approximate surface area is 102 Å². The van der Waals surface area contributed by atoms with E-state index < -0.39 is 0 Å². The van der Waals surface area contributed by atoms with E-state index in [1.54, 1.807) is 6.07 Å². The molecule has 1 fully saturated rings. The average molecular weight is 231 g/mol. The predicted octanol–water partition coefficient (Wildman–Crippen LogP) is 1.61. The zero-order valence-corrected chi connectivity index (χ0v) is 10.0. The summed E-state index contributed by atoms with van der Waals surface area (Å²) in [7, 11) is 2.08. The summed E-state index contributed by atoms with van der Waals surface area (Å²) in [5.41, 5.74) is 6.68. The molecule has 4 heteroatoms. The normalized spacial score (nSPS) is 20.8. The quantitative estimate of drug-likeness (QED) is 0.785. The molecule has 1 atom stereocenters. The first-order valence-electron chi connectivity index (χ1n) is 5.84. The molecule has 0 radical (unpaired) electrons. The highest BCUT2D eigenvalue weighted by Gasteiger charge is 2.20. The van der Waals surface area contributed by atoms with Gasteiger partial charge in [0.25, 0.3) is 0 Å². The lowest BCUT2D eigenvalue weighted by molar-refractivity contribution is 0.104. The lowest BCUT2D eigenvalue weighted by Crippen LogP contribution is -2.38. The number of anilines is 1. The second kappa shape index (κ2) is 5.07. The van der Waals surface area contributed by atoms with Crippen molar-refractivity contribution in [3.63, 3.8) is 0 Å². The summed E-state index contributed by atoms with van der Waals surface area (Å²) in [6.45, 7) is 2.02. The highest BCUT2D eigenvalue weighted by molar-refractivity contribution is 5.60. The molecule has 1 aliphatic heterocycles. The Morgan fingerprint density at radius 2 is 2.35 bits per heavy atom. The molecule has 0 amide bonds. The predicted molar refractivity (Wildman–Crippen MR) is 66.7 cm³/mol. The fourth-order valence-corrected chi connectivity index (χ4v) is 2.16. The number of piperidine rings is 1. The van der Waals surface area contributed by atoms with Gasteiger partial charge in [0.05, 0.1) is 5.69 Å². The van der Waals surface area contributed by atoms with Crippen LogP contribution in [0.3, 0.4) is 0 Å². The standard InChI is InChI=1S/C13H17N3O/c1-16-7-3-4-10(9-16)17-13-6-2-5-12(15)11(13)8-14/h2,5-6,10H,3-4,7,9,15H2,1H3. The van der Waals surface area contributed by atoms with E-state index in [0.717, 1.165) is 25.9 Å². The first-order valence-corrected chi connectivity index (χ1v) is 5.84. The Balaban J connectivity index is 2.13. The summed E-state index contributed by atoms with van der Waals surface area (Å²) in [4.78, 5) is 2.24. The van der Waals surface area contributed by atoms with Gasteiger partial charge in [-0.25, -0.2) is 0 Å². The van der Waals surface area contributed by atoms with Crippen LogP contribution >= 0.6 is 0 Å². The van der Waals surface area contributed by atoms with Crippen molar-refractivity contribution in [2.24, 2.45) is 0 Å². The van der Waals surface area contributed by atoms with Crippen molar-refractivity contribution in [1.29, 1.82) is 5.26 Å². The number of nitrogen functional groups attached to an aromatic ring is 1. The molecule has 1 heterocycles. The topological polar surface area (TPSA) is 62.3 Å². The Hall–Kier alpha value is -1.73. The number of hydrogen-bond donors (Lipinski definition) is 1. The molecule has 1 aromatic rings. The van der Waals surface area contributed by atoms with Crippen LogP contribution in [0.1, 0.15) is 18.4 Å². The third-order valence-corrected chi connectivity index (χ3v) is 3.05. The highest BCUT2D eigenvalue weighted by atomic mass is 16.5. The molecule has 1 aliphatic rings. The van der Waals surface area contributed by atoms with E-state index in [0.29, 0.717) is 17.0 Å². The molecular weight excluding hydrogens is 214 g/mol. The van der Waals surface area contributed by atoms with E-state index in [4.69, 9.17) is 15.7 Å². The Kier molecular flexibility index (Phi) is 3.50. The van der Waals surface area contributed by atoms with Crippen molar-refractivity contribution in [2.45, 2.75) is 18.9 Å². The van der Waals surface area contributed by atoms with Crippen molar-refractivity contribution in [3.05, 3.63) is 23.8 Å². The van der Waals surface area contributed by atoms with Crippen LogP contribution in [0.25, 0.3) is 0 Å². The molecule has 1 saturated heterocycles. The van der Waals surface area contributed by atoms with E-state index in [-0.39, 0.29) is 6.10 Å². The van der Waals surface area contributed by atoms with Gasteiger partial charge in [0.1, 0.15) is 23.5 Å². The molecule has 2 N–H and O–H groups in total. The van der Waals surface area contributed by atoms with Crippen LogP contribution in [0.15, 0.2) is 18.2 Å². The van der Waals surface area contributed by atoms with Crippen LogP contribution in [-0.2, 0) is 0 Å². The SMILES string of the molecule is CN1CCCC(Oc2cccc(N)c2C#N)C1. The largest absolute Gasteiger partial charge is 0.488 e. The van der Waals surface area contributed by atoms with Crippen molar-refractivity contribution in [2.75, 3.05) is 25.9 Å². The summed E-state index contributed by atoms with van der Waals surface area (Å²) in [5.74, 6) is 0.604. The van der Waals surface area contributed by atoms with Crippen LogP contribution in [0, 0.1) is 11.3 Å². The number of nitrogens with two attached hydrogens (primary N) is 1. The van der Waals surface area contributed by atoms with Crippen molar-refractivity contribution in [1.82, 2.24) is 4.90 Å². The number of benzene rings is 1. The van der Waals surface area contributed by atoms with E-state index in [2.05, 4.69) is 18.0 Å². The number of nitriles is 1. The van der Waals surface area contributed by atoms with E-state index in [1.807, 2.05) is 12.1 Å². The Morgan fingerprint density at radius 1 is 1.53 bits per heavy atom. The molecule has 0 saturated carbocycles. The van der Waals surface area contributed by atoms with Crippen LogP contribution in [0.4, 0.5) is 5.69 Å². The summed E-state index contributed by atoms with van der Waals surface area (Å²) in [6.07, 6.45) is 2.32. The summed E-state index contributed by atoms with van der Waals surface area (Å²) >= 11 is 0. The third-order valence-electron chi connectivity index (χ3n) is 3.05. The lowest BCUT2D eigenvalue weighted by Gasteiger charge is -2.30. The van der Waals surface area contributed by atoms with Gasteiger partial charge in [-0.15, -0.1) is 0 Å². The molecule has 0 spiro atoms. The molecule has 1 unspecified atom stereocenters. The van der Waals surface area contributed by atoms with Gasteiger partial charge < -0.3 is 15.4 Å². The lowest BCUT2D eigenvalue weighted by atomic mass is 10.1. The molecule has 0 aromatic heterocycles. The molecule has 1 aromatic carbocycles. The van der Waals surface area contributed by atoms with E-state index >= 15 is 0 Å². The molecule has 2 rings (SSSR count). The number of likely N-dealkylation sites (tertiary alicyclic amines) is 1. The number of rotatable bonds is 2. The highest BCUT2D eigenvalue weighted by Crippen LogP contribution is 2.26. The Morgan fingerprint density at radius 3 is 3.06 bits per heavy atom. The van der Waals surface area contributed by atoms with Gasteiger partial charge in [-0.2, -0.15) is 5.26 Å². The summed E-state index contributed by atoms with van der Waals surface area (Å²) < 4.78 is 5.88. The minimum atomic E-state index is 0.155. The van der Waals surface area contributed by atoms with Crippen molar-refractivity contribution >= 4 is 5.69 Å². The van der Waals surface area contributed by atoms with Crippen LogP contribution in [0.5, 0.6) is 5.75 Å². The number of hydrogen-bond acceptors (Lipinski definition) is 4. The number of likely N-dealkylation sites (N-methyl/N-ethyl adjacent to an activating group) is 1. The molecule has 0 aliphatic carbocycles. The fourth-order valence-electron chi connectivity index (χ4n) is 2.16. The molecule has 17 heavy (non-hydrogen) atoms. The van der Waals surface area contributed by atoms with Gasteiger partial charge in [0, 0.05) is 6.54 Å². The number of ether oxygens (including phenoxy) is 1. The first-order chi connectivity index (χ1) is 8.20. The van der Waals surface area contributed by atoms with Gasteiger partial charge >= 0.3 is 0 Å². The maximum absolute atomic E-state index is 9.06. The zero-order chi connectivity index (χ0) is 12.3. The minimum absolute atomic E-state index is 0.155. The van der Waals surface area contributed by atoms with Crippen molar-refractivity contribution in [3.8, 4) is 11.8 Å². The summed E-state index contributed by atoms with van der Waals surface area (Å²) in [5, 5.41) is 9.06. The maximum atomic E-state index is 9.06. The van der Waals surface area contributed by atoms with Crippen LogP contribution in [0.2, 0.25) is 0 Å². The van der Waals surface area contributed by atoms with Crippen LogP contribution < -0.4 is 10.5 Å². The Bertz CT molecular complexity index is 439. The minimum Gasteiger partial charge on any atom is -0.488 e. The number of nitrogens with zero attached hydrogens (tertiary/aromatic N) is 2. The molecule has 90 valence electrons. The van der Waals surface area contributed by atoms with Gasteiger partial charge in [-0.1, -0.05) is 6.07 Å². The second-order valence-electron chi connectivity index (χ2n) is 4.48. The smallest absolute Gasteiger partial charge is 0.139 e. The van der Waals surface area contributed by atoms with E-state index in [1.165, 1.54) is 0 Å². The fraction of sp³-hybridized carbons (Fsp3) is 0.462. The molecular formula is C13H17N3O. The van der Waals surface area contributed by atoms with Gasteiger partial charge in [-0.05, 0) is 38.6 Å². The zero-order valence-electron chi connectivity index (χ0n) is 10.0. The van der Waals surface area contributed by atoms with Gasteiger partial charge in [0.2, 0.25) is 0 Å². The van der Waals surface area contributed by atoms with Gasteiger partial charge in [0.15, 0.2) is 0 Å². The van der Waals surface area contributed by atoms with E-state index in [9.17, 15) is 0 Å². The molecule has 4 nitrogen and oxygen atoms in total. The monoisotopic (exact) mass is 231 g/mol.